The zero-order valence-corrected chi connectivity index (χ0v) is 11.2. The van der Waals surface area contributed by atoms with Crippen LogP contribution < -0.4 is 5.32 Å². The van der Waals surface area contributed by atoms with Gasteiger partial charge in [0.05, 0.1) is 16.8 Å². The molecule has 0 unspecified atom stereocenters. The number of amides is 1. The molecule has 1 rings (SSSR count). The Kier molecular flexibility index (Phi) is 4.56. The number of halogens is 7. The highest BCUT2D eigenvalue weighted by Crippen LogP contribution is 2.42. The molecule has 0 heterocycles. The Balaban J connectivity index is 3.55. The lowest BCUT2D eigenvalue weighted by atomic mass is 10.1. The SMILES string of the molecule is O=C(O)c1ccc(Br)c(C(F)(F)F)c1NC(=O)C(F)(F)F. The lowest BCUT2D eigenvalue weighted by Crippen LogP contribution is -2.32. The van der Waals surface area contributed by atoms with Crippen LogP contribution in [0.5, 0.6) is 0 Å². The first-order chi connectivity index (χ1) is 9.35. The van der Waals surface area contributed by atoms with Gasteiger partial charge in [0.25, 0.3) is 0 Å². The molecule has 0 aliphatic heterocycles. The zero-order valence-electron chi connectivity index (χ0n) is 9.56. The predicted molar refractivity (Wildman–Crippen MR) is 60.8 cm³/mol. The Morgan fingerprint density at radius 3 is 2.00 bits per heavy atom. The topological polar surface area (TPSA) is 66.4 Å². The summed E-state index contributed by atoms with van der Waals surface area (Å²) in [5.74, 6) is -4.64. The van der Waals surface area contributed by atoms with Gasteiger partial charge in [0.15, 0.2) is 0 Å². The minimum atomic E-state index is -5.47. The maximum absolute atomic E-state index is 12.8. The van der Waals surface area contributed by atoms with Crippen molar-refractivity contribution in [3.05, 3.63) is 27.7 Å². The Morgan fingerprint density at radius 2 is 1.62 bits per heavy atom. The second-order valence-corrected chi connectivity index (χ2v) is 4.45. The van der Waals surface area contributed by atoms with E-state index < -0.39 is 45.5 Å². The van der Waals surface area contributed by atoms with Crippen LogP contribution in [-0.2, 0) is 11.0 Å². The van der Waals surface area contributed by atoms with Gasteiger partial charge in [0, 0.05) is 4.47 Å². The number of alkyl halides is 6. The molecule has 0 spiro atoms. The van der Waals surface area contributed by atoms with Gasteiger partial charge in [0.2, 0.25) is 0 Å². The molecule has 11 heteroatoms. The van der Waals surface area contributed by atoms with Crippen LogP contribution in [0.4, 0.5) is 32.0 Å². The van der Waals surface area contributed by atoms with E-state index in [0.717, 1.165) is 5.32 Å². The normalized spacial score (nSPS) is 12.1. The zero-order chi connectivity index (χ0) is 16.6. The highest BCUT2D eigenvalue weighted by molar-refractivity contribution is 9.10. The minimum Gasteiger partial charge on any atom is -0.478 e. The van der Waals surface area contributed by atoms with Gasteiger partial charge >= 0.3 is 24.2 Å². The molecule has 0 aliphatic rings. The number of hydrogen-bond acceptors (Lipinski definition) is 2. The fraction of sp³-hybridized carbons (Fsp3) is 0.200. The molecule has 4 nitrogen and oxygen atoms in total. The number of carbonyl (C=O) groups excluding carboxylic acids is 1. The third-order valence-electron chi connectivity index (χ3n) is 2.16. The highest BCUT2D eigenvalue weighted by atomic mass is 79.9. The molecule has 1 aromatic rings. The molecule has 0 saturated carbocycles. The third kappa shape index (κ3) is 3.86. The van der Waals surface area contributed by atoms with E-state index in [4.69, 9.17) is 5.11 Å². The van der Waals surface area contributed by atoms with Crippen LogP contribution in [0.25, 0.3) is 0 Å². The summed E-state index contributed by atoms with van der Waals surface area (Å²) in [5.41, 5.74) is -4.32. The van der Waals surface area contributed by atoms with Crippen molar-refractivity contribution in [2.24, 2.45) is 0 Å². The largest absolute Gasteiger partial charge is 0.478 e. The van der Waals surface area contributed by atoms with Crippen LogP contribution in [0.2, 0.25) is 0 Å². The van der Waals surface area contributed by atoms with Crippen LogP contribution in [0.15, 0.2) is 16.6 Å². The smallest absolute Gasteiger partial charge is 0.471 e. The summed E-state index contributed by atoms with van der Waals surface area (Å²) >= 11 is 2.46. The maximum atomic E-state index is 12.8. The quantitative estimate of drug-likeness (QED) is 0.770. The molecule has 116 valence electrons. The van der Waals surface area contributed by atoms with E-state index in [9.17, 15) is 35.9 Å². The Morgan fingerprint density at radius 1 is 1.10 bits per heavy atom. The molecular weight excluding hydrogens is 376 g/mol. The van der Waals surface area contributed by atoms with Crippen molar-refractivity contribution in [3.8, 4) is 0 Å². The lowest BCUT2D eigenvalue weighted by Gasteiger charge is -2.18. The van der Waals surface area contributed by atoms with Crippen LogP contribution in [-0.4, -0.2) is 23.2 Å². The number of carbonyl (C=O) groups is 2. The molecule has 1 amide bonds. The van der Waals surface area contributed by atoms with Gasteiger partial charge in [-0.2, -0.15) is 26.3 Å². The van der Waals surface area contributed by atoms with Crippen LogP contribution >= 0.6 is 15.9 Å². The van der Waals surface area contributed by atoms with Gasteiger partial charge in [-0.25, -0.2) is 4.79 Å². The summed E-state index contributed by atoms with van der Waals surface area (Å²) < 4.78 is 74.3. The van der Waals surface area contributed by atoms with Gasteiger partial charge in [-0.3, -0.25) is 4.79 Å². The Labute approximate surface area is 120 Å². The number of anilines is 1. The Bertz CT molecular complexity index is 596. The first kappa shape index (κ1) is 17.3. The number of benzene rings is 1. The van der Waals surface area contributed by atoms with E-state index in [2.05, 4.69) is 15.9 Å². The number of aromatic carboxylic acids is 1. The first-order valence-corrected chi connectivity index (χ1v) is 5.66. The summed E-state index contributed by atoms with van der Waals surface area (Å²) in [6.45, 7) is 0. The van der Waals surface area contributed by atoms with Crippen molar-refractivity contribution >= 4 is 33.5 Å². The summed E-state index contributed by atoms with van der Waals surface area (Å²) in [6, 6.07) is 1.34. The van der Waals surface area contributed by atoms with Gasteiger partial charge in [-0.15, -0.1) is 0 Å². The van der Waals surface area contributed by atoms with E-state index in [1.165, 1.54) is 0 Å². The lowest BCUT2D eigenvalue weighted by molar-refractivity contribution is -0.167. The van der Waals surface area contributed by atoms with Crippen molar-refractivity contribution in [2.75, 3.05) is 5.32 Å². The number of hydrogen-bond donors (Lipinski definition) is 2. The van der Waals surface area contributed by atoms with Gasteiger partial charge in [-0.05, 0) is 12.1 Å². The summed E-state index contributed by atoms with van der Waals surface area (Å²) in [4.78, 5) is 21.6. The molecule has 21 heavy (non-hydrogen) atoms. The highest BCUT2D eigenvalue weighted by Gasteiger charge is 2.43. The van der Waals surface area contributed by atoms with Gasteiger partial charge < -0.3 is 10.4 Å². The van der Waals surface area contributed by atoms with E-state index in [1.807, 2.05) is 0 Å². The third-order valence-corrected chi connectivity index (χ3v) is 2.83. The van der Waals surface area contributed by atoms with Crippen LogP contribution in [0.3, 0.4) is 0 Å². The number of rotatable bonds is 2. The molecule has 0 radical (unpaired) electrons. The second kappa shape index (κ2) is 5.54. The van der Waals surface area contributed by atoms with Gasteiger partial charge in [0.1, 0.15) is 0 Å². The molecule has 0 atom stereocenters. The average molecular weight is 380 g/mol. The molecule has 0 saturated heterocycles. The molecule has 0 bridgehead atoms. The number of carboxylic acids is 1. The van der Waals surface area contributed by atoms with Crippen molar-refractivity contribution in [2.45, 2.75) is 12.4 Å². The van der Waals surface area contributed by atoms with Crippen molar-refractivity contribution < 1.29 is 41.0 Å². The van der Waals surface area contributed by atoms with Crippen molar-refractivity contribution in [1.82, 2.24) is 0 Å². The minimum absolute atomic E-state index is 0.633. The van der Waals surface area contributed by atoms with E-state index in [-0.39, 0.29) is 0 Å². The van der Waals surface area contributed by atoms with Gasteiger partial charge in [-0.1, -0.05) is 15.9 Å². The monoisotopic (exact) mass is 379 g/mol. The molecule has 0 aromatic heterocycles. The average Bonchev–Trinajstić information content (AvgIpc) is 2.25. The summed E-state index contributed by atoms with van der Waals surface area (Å²) in [7, 11) is 0. The summed E-state index contributed by atoms with van der Waals surface area (Å²) in [6.07, 6.45) is -10.7. The van der Waals surface area contributed by atoms with Crippen LogP contribution in [0, 0.1) is 0 Å². The fourth-order valence-electron chi connectivity index (χ4n) is 1.35. The molecule has 0 aliphatic carbocycles. The Hall–Kier alpha value is -1.78. The first-order valence-electron chi connectivity index (χ1n) is 4.87. The number of carboxylic acid groups (broad SMARTS) is 1. The summed E-state index contributed by atoms with van der Waals surface area (Å²) in [5, 5.41) is 9.70. The fourth-order valence-corrected chi connectivity index (χ4v) is 1.90. The molecule has 1 aromatic carbocycles. The van der Waals surface area contributed by atoms with E-state index >= 15 is 0 Å². The van der Waals surface area contributed by atoms with Crippen molar-refractivity contribution in [3.63, 3.8) is 0 Å². The molecular formula is C10H4BrF6NO3. The second-order valence-electron chi connectivity index (χ2n) is 3.60. The maximum Gasteiger partial charge on any atom is 0.471 e. The van der Waals surface area contributed by atoms with Crippen LogP contribution in [0.1, 0.15) is 15.9 Å². The number of nitrogens with one attached hydrogen (secondary N) is 1. The predicted octanol–water partition coefficient (Wildman–Crippen LogP) is 3.67. The molecule has 0 fully saturated rings. The van der Waals surface area contributed by atoms with Crippen molar-refractivity contribution in [1.29, 1.82) is 0 Å². The molecule has 2 N–H and O–H groups in total. The van der Waals surface area contributed by atoms with E-state index in [1.54, 1.807) is 0 Å². The standard InChI is InChI=1S/C10H4BrF6NO3/c11-4-2-1-3(7(19)20)6(5(4)9(12,13)14)18-8(21)10(15,16)17/h1-2H,(H,18,21)(H,19,20). The van der Waals surface area contributed by atoms with E-state index in [0.29, 0.717) is 12.1 Å².